The number of methoxy groups -OCH3 is 1. The average Bonchev–Trinajstić information content (AvgIpc) is 2.93. The molecule has 1 saturated heterocycles. The number of fused-ring (bicyclic) bond motifs is 2. The Morgan fingerprint density at radius 2 is 1.45 bits per heavy atom. The Balaban J connectivity index is 1.89. The Morgan fingerprint density at radius 3 is 2.02 bits per heavy atom. The summed E-state index contributed by atoms with van der Waals surface area (Å²) in [5.74, 6) is -1.96. The number of esters is 3. The smallest absolute Gasteiger partial charge is 0.347 e. The molecule has 13 nitrogen and oxygen atoms in total. The molecule has 1 N–H and O–H groups in total. The number of phenolic OH excluding ortho intramolecular Hbond substituents is 1. The van der Waals surface area contributed by atoms with Crippen molar-refractivity contribution in [1.82, 2.24) is 0 Å². The first-order valence-corrected chi connectivity index (χ1v) is 18.0. The number of aromatic hydroxyl groups is 1. The highest BCUT2D eigenvalue weighted by Gasteiger charge is 2.54. The minimum atomic E-state index is -2.39. The fourth-order valence-corrected chi connectivity index (χ4v) is 6.19. The van der Waals surface area contributed by atoms with Crippen molar-refractivity contribution in [1.29, 1.82) is 0 Å². The average molecular weight is 675 g/mol. The molecule has 1 aromatic heterocycles. The van der Waals surface area contributed by atoms with Crippen LogP contribution in [0.25, 0.3) is 21.5 Å². The second kappa shape index (κ2) is 13.5. The molecule has 256 valence electrons. The SMILES string of the molecule is COc1cc(O[C@@H]2O[C@H](CO[Si](C)(C)C(C)(C)C)[C@@H](OC(C)=O)[C@H](OC(C)=O)[C@H]2OC(C)=O)c2c(O)c3c(=O)oc(C)cc3cc2c1. The van der Waals surface area contributed by atoms with Crippen molar-refractivity contribution >= 4 is 47.8 Å². The Hall–Kier alpha value is -4.14. The van der Waals surface area contributed by atoms with E-state index in [0.29, 0.717) is 22.3 Å². The molecule has 0 aliphatic carbocycles. The van der Waals surface area contributed by atoms with Crippen molar-refractivity contribution < 1.29 is 56.8 Å². The lowest BCUT2D eigenvalue weighted by molar-refractivity contribution is -0.287. The third kappa shape index (κ3) is 7.71. The number of carbonyl (C=O) groups is 3. The number of phenols is 1. The normalized spacial score (nSPS) is 21.7. The van der Waals surface area contributed by atoms with E-state index in [1.807, 2.05) is 13.1 Å². The van der Waals surface area contributed by atoms with Gasteiger partial charge in [0.15, 0.2) is 20.5 Å². The number of rotatable bonds is 9. The zero-order chi connectivity index (χ0) is 35.0. The molecule has 14 heteroatoms. The topological polar surface area (TPSA) is 166 Å². The lowest BCUT2D eigenvalue weighted by Crippen LogP contribution is -2.64. The van der Waals surface area contributed by atoms with Gasteiger partial charge in [-0.05, 0) is 54.0 Å². The number of benzene rings is 2. The van der Waals surface area contributed by atoms with E-state index in [4.69, 9.17) is 37.3 Å². The zero-order valence-corrected chi connectivity index (χ0v) is 29.2. The molecule has 0 amide bonds. The van der Waals surface area contributed by atoms with E-state index < -0.39 is 68.3 Å². The van der Waals surface area contributed by atoms with Crippen LogP contribution in [-0.2, 0) is 37.8 Å². The van der Waals surface area contributed by atoms with E-state index in [1.165, 1.54) is 20.1 Å². The van der Waals surface area contributed by atoms with E-state index in [2.05, 4.69) is 20.8 Å². The summed E-state index contributed by atoms with van der Waals surface area (Å²) in [6.07, 6.45) is -6.65. The van der Waals surface area contributed by atoms with Crippen LogP contribution in [0.3, 0.4) is 0 Å². The number of carbonyl (C=O) groups excluding carboxylic acids is 3. The van der Waals surface area contributed by atoms with Crippen molar-refractivity contribution in [3.05, 3.63) is 40.4 Å². The Labute approximate surface area is 273 Å². The van der Waals surface area contributed by atoms with E-state index in [9.17, 15) is 24.3 Å². The molecule has 1 aliphatic rings. The van der Waals surface area contributed by atoms with Gasteiger partial charge in [0.25, 0.3) is 0 Å². The lowest BCUT2D eigenvalue weighted by Gasteiger charge is -2.45. The quantitative estimate of drug-likeness (QED) is 0.141. The maximum absolute atomic E-state index is 12.8. The van der Waals surface area contributed by atoms with Gasteiger partial charge in [-0.2, -0.15) is 0 Å². The van der Waals surface area contributed by atoms with Crippen molar-refractivity contribution in [2.24, 2.45) is 0 Å². The molecule has 0 radical (unpaired) electrons. The van der Waals surface area contributed by atoms with Gasteiger partial charge in [-0.25, -0.2) is 4.79 Å². The summed E-state index contributed by atoms with van der Waals surface area (Å²) in [6.45, 7) is 15.3. The second-order valence-corrected chi connectivity index (χ2v) is 17.8. The molecule has 0 bridgehead atoms. The third-order valence-electron chi connectivity index (χ3n) is 8.39. The van der Waals surface area contributed by atoms with Gasteiger partial charge in [0.05, 0.1) is 19.1 Å². The molecular formula is C33H42O13Si. The lowest BCUT2D eigenvalue weighted by atomic mass is 9.98. The van der Waals surface area contributed by atoms with E-state index >= 15 is 0 Å². The summed E-state index contributed by atoms with van der Waals surface area (Å²) in [7, 11) is -0.943. The monoisotopic (exact) mass is 674 g/mol. The first kappa shape index (κ1) is 35.7. The van der Waals surface area contributed by atoms with Crippen LogP contribution in [0.2, 0.25) is 18.1 Å². The Morgan fingerprint density at radius 1 is 0.872 bits per heavy atom. The molecule has 2 heterocycles. The third-order valence-corrected chi connectivity index (χ3v) is 12.9. The standard InChI is InChI=1S/C33H42O13Si/c1-16-11-20-12-21-13-22(39-8)14-23(25(21)27(37)26(20)31(38)41-16)45-32-30(44-19(4)36)29(43-18(3)35)28(42-17(2)34)24(46-32)15-40-47(9,10)33(5,6)7/h11-14,24,28-30,32,37H,15H2,1-10H3/t24-,28-,29+,30-,32-/m1/s1. The fourth-order valence-electron chi connectivity index (χ4n) is 5.18. The zero-order valence-electron chi connectivity index (χ0n) is 28.2. The van der Waals surface area contributed by atoms with Crippen LogP contribution < -0.4 is 15.1 Å². The molecule has 4 rings (SSSR count). The van der Waals surface area contributed by atoms with Gasteiger partial charge in [0, 0.05) is 26.8 Å². The van der Waals surface area contributed by atoms with Gasteiger partial charge < -0.3 is 42.4 Å². The Bertz CT molecular complexity index is 1740. The van der Waals surface area contributed by atoms with Gasteiger partial charge in [-0.15, -0.1) is 0 Å². The van der Waals surface area contributed by atoms with Crippen LogP contribution in [0.5, 0.6) is 17.2 Å². The molecule has 0 spiro atoms. The van der Waals surface area contributed by atoms with Gasteiger partial charge in [0.2, 0.25) is 12.4 Å². The molecule has 1 fully saturated rings. The summed E-state index contributed by atoms with van der Waals surface area (Å²) in [4.78, 5) is 49.9. The molecule has 5 atom stereocenters. The van der Waals surface area contributed by atoms with Crippen LogP contribution >= 0.6 is 0 Å². The van der Waals surface area contributed by atoms with Crippen molar-refractivity contribution in [3.8, 4) is 17.2 Å². The van der Waals surface area contributed by atoms with Crippen molar-refractivity contribution in [3.63, 3.8) is 0 Å². The highest BCUT2D eigenvalue weighted by Crippen LogP contribution is 2.43. The highest BCUT2D eigenvalue weighted by molar-refractivity contribution is 6.74. The summed E-state index contributed by atoms with van der Waals surface area (Å²) in [5, 5.41) is 12.2. The molecule has 0 saturated carbocycles. The number of aryl methyl sites for hydroxylation is 1. The predicted molar refractivity (Wildman–Crippen MR) is 172 cm³/mol. The molecule has 3 aromatic rings. The van der Waals surface area contributed by atoms with Crippen LogP contribution in [0.15, 0.2) is 33.5 Å². The summed E-state index contributed by atoms with van der Waals surface area (Å²) < 4.78 is 46.7. The Kier molecular flexibility index (Phi) is 10.3. The molecule has 1 aliphatic heterocycles. The molecule has 47 heavy (non-hydrogen) atoms. The van der Waals surface area contributed by atoms with Crippen LogP contribution in [0.1, 0.15) is 47.3 Å². The van der Waals surface area contributed by atoms with E-state index in [-0.39, 0.29) is 28.2 Å². The molecule has 0 unspecified atom stereocenters. The fraction of sp³-hybridized carbons (Fsp3) is 0.515. The minimum Gasteiger partial charge on any atom is -0.506 e. The largest absolute Gasteiger partial charge is 0.506 e. The molecule has 2 aromatic carbocycles. The highest BCUT2D eigenvalue weighted by atomic mass is 28.4. The van der Waals surface area contributed by atoms with Gasteiger partial charge in [-0.3, -0.25) is 14.4 Å². The predicted octanol–water partition coefficient (Wildman–Crippen LogP) is 4.89. The summed E-state index contributed by atoms with van der Waals surface area (Å²) in [5.41, 5.74) is -0.755. The van der Waals surface area contributed by atoms with Crippen LogP contribution in [-0.4, -0.2) is 75.8 Å². The molecular weight excluding hydrogens is 632 g/mol. The van der Waals surface area contributed by atoms with Gasteiger partial charge >= 0.3 is 23.5 Å². The maximum atomic E-state index is 12.8. The second-order valence-electron chi connectivity index (χ2n) is 13.0. The number of hydrogen-bond acceptors (Lipinski definition) is 13. The van der Waals surface area contributed by atoms with Gasteiger partial charge in [0.1, 0.15) is 34.5 Å². The maximum Gasteiger partial charge on any atom is 0.347 e. The summed E-state index contributed by atoms with van der Waals surface area (Å²) in [6, 6.07) is 6.38. The summed E-state index contributed by atoms with van der Waals surface area (Å²) >= 11 is 0. The van der Waals surface area contributed by atoms with Gasteiger partial charge in [-0.1, -0.05) is 20.8 Å². The first-order valence-electron chi connectivity index (χ1n) is 15.1. The minimum absolute atomic E-state index is 0.0162. The number of hydrogen-bond donors (Lipinski definition) is 1. The van der Waals surface area contributed by atoms with Crippen LogP contribution in [0.4, 0.5) is 0 Å². The van der Waals surface area contributed by atoms with E-state index in [1.54, 1.807) is 25.1 Å². The van der Waals surface area contributed by atoms with Crippen molar-refractivity contribution in [2.45, 2.75) is 97.3 Å². The number of ether oxygens (including phenoxy) is 6. The van der Waals surface area contributed by atoms with E-state index in [0.717, 1.165) is 13.8 Å². The first-order chi connectivity index (χ1) is 21.8. The van der Waals surface area contributed by atoms with Crippen LogP contribution in [0, 0.1) is 6.92 Å². The van der Waals surface area contributed by atoms with Crippen molar-refractivity contribution in [2.75, 3.05) is 13.7 Å².